The Labute approximate surface area is 127 Å². The fourth-order valence-corrected chi connectivity index (χ4v) is 3.10. The number of rotatable bonds is 3. The van der Waals surface area contributed by atoms with Gasteiger partial charge < -0.3 is 10.0 Å². The van der Waals surface area contributed by atoms with Crippen LogP contribution in [0.25, 0.3) is 0 Å². The van der Waals surface area contributed by atoms with Crippen LogP contribution >= 0.6 is 0 Å². The molecule has 1 aliphatic rings. The summed E-state index contributed by atoms with van der Waals surface area (Å²) in [5, 5.41) is 10.5. The smallest absolute Gasteiger partial charge is 0.0964 e. The molecule has 0 radical (unpaired) electrons. The van der Waals surface area contributed by atoms with Gasteiger partial charge in [0.25, 0.3) is 0 Å². The van der Waals surface area contributed by atoms with Gasteiger partial charge in [0.1, 0.15) is 0 Å². The molecule has 0 aliphatic carbocycles. The predicted octanol–water partition coefficient (Wildman–Crippen LogP) is 3.79. The van der Waals surface area contributed by atoms with Gasteiger partial charge in [0.2, 0.25) is 0 Å². The van der Waals surface area contributed by atoms with Gasteiger partial charge in [0.05, 0.1) is 6.10 Å². The number of anilines is 1. The van der Waals surface area contributed by atoms with Crippen molar-refractivity contribution in [2.75, 3.05) is 18.0 Å². The number of benzene rings is 2. The topological polar surface area (TPSA) is 23.5 Å². The lowest BCUT2D eigenvalue weighted by molar-refractivity contribution is 0.183. The maximum Gasteiger partial charge on any atom is 0.0964 e. The van der Waals surface area contributed by atoms with E-state index in [9.17, 15) is 5.11 Å². The van der Waals surface area contributed by atoms with Crippen molar-refractivity contribution in [3.8, 4) is 0 Å². The molecule has 0 saturated carbocycles. The quantitative estimate of drug-likeness (QED) is 0.925. The highest BCUT2D eigenvalue weighted by atomic mass is 16.3. The van der Waals surface area contributed by atoms with Crippen molar-refractivity contribution in [3.05, 3.63) is 64.7 Å². The van der Waals surface area contributed by atoms with Crippen LogP contribution in [0.1, 0.15) is 34.8 Å². The summed E-state index contributed by atoms with van der Waals surface area (Å²) in [6.45, 7) is 5.90. The fraction of sp³-hybridized carbons (Fsp3) is 0.368. The number of aliphatic hydroxyl groups excluding tert-OH is 1. The summed E-state index contributed by atoms with van der Waals surface area (Å²) in [4.78, 5) is 2.32. The molecule has 0 bridgehead atoms. The van der Waals surface area contributed by atoms with Crippen LogP contribution in [-0.2, 0) is 6.42 Å². The normalized spacial score (nSPS) is 15.7. The fourth-order valence-electron chi connectivity index (χ4n) is 3.10. The van der Waals surface area contributed by atoms with Gasteiger partial charge in [-0.2, -0.15) is 0 Å². The highest BCUT2D eigenvalue weighted by molar-refractivity contribution is 5.57. The van der Waals surface area contributed by atoms with Crippen LogP contribution in [0.4, 0.5) is 5.69 Å². The Bertz CT molecular complexity index is 618. The van der Waals surface area contributed by atoms with Crippen molar-refractivity contribution < 1.29 is 5.11 Å². The van der Waals surface area contributed by atoms with Crippen LogP contribution in [0, 0.1) is 13.8 Å². The average Bonchev–Trinajstić information content (AvgIpc) is 2.47. The van der Waals surface area contributed by atoms with E-state index in [2.05, 4.69) is 49.1 Å². The van der Waals surface area contributed by atoms with Crippen LogP contribution in [-0.4, -0.2) is 18.2 Å². The Hall–Kier alpha value is -1.80. The van der Waals surface area contributed by atoms with E-state index in [0.29, 0.717) is 6.54 Å². The highest BCUT2D eigenvalue weighted by Gasteiger charge is 2.20. The third kappa shape index (κ3) is 3.11. The van der Waals surface area contributed by atoms with Gasteiger partial charge >= 0.3 is 0 Å². The standard InChI is InChI=1S/C19H23NO/c1-14-5-8-16(9-6-14)19(21)13-20-11-3-4-17-12-15(2)7-10-18(17)20/h5-10,12,19,21H,3-4,11,13H2,1-2H3. The van der Waals surface area contributed by atoms with Crippen molar-refractivity contribution in [3.63, 3.8) is 0 Å². The Kier molecular flexibility index (Phi) is 3.98. The molecule has 0 saturated heterocycles. The van der Waals surface area contributed by atoms with E-state index in [1.807, 2.05) is 12.1 Å². The number of hydrogen-bond donors (Lipinski definition) is 1. The molecule has 2 aromatic carbocycles. The van der Waals surface area contributed by atoms with Crippen molar-refractivity contribution in [1.82, 2.24) is 0 Å². The maximum absolute atomic E-state index is 10.5. The first-order chi connectivity index (χ1) is 10.1. The molecular formula is C19H23NO. The van der Waals surface area contributed by atoms with Crippen LogP contribution in [0.5, 0.6) is 0 Å². The first kappa shape index (κ1) is 14.2. The molecule has 0 fully saturated rings. The second-order valence-corrected chi connectivity index (χ2v) is 6.11. The molecule has 1 atom stereocenters. The lowest BCUT2D eigenvalue weighted by Crippen LogP contribution is -2.33. The molecule has 0 aromatic heterocycles. The second-order valence-electron chi connectivity index (χ2n) is 6.11. The van der Waals surface area contributed by atoms with E-state index in [1.54, 1.807) is 0 Å². The third-order valence-electron chi connectivity index (χ3n) is 4.31. The van der Waals surface area contributed by atoms with E-state index in [0.717, 1.165) is 24.9 Å². The zero-order valence-electron chi connectivity index (χ0n) is 12.8. The highest BCUT2D eigenvalue weighted by Crippen LogP contribution is 2.29. The lowest BCUT2D eigenvalue weighted by Gasteiger charge is -2.33. The first-order valence-electron chi connectivity index (χ1n) is 7.72. The SMILES string of the molecule is Cc1ccc(C(O)CN2CCCc3cc(C)ccc32)cc1. The molecule has 1 aliphatic heterocycles. The second kappa shape index (κ2) is 5.90. The summed E-state index contributed by atoms with van der Waals surface area (Å²) in [6, 6.07) is 14.8. The van der Waals surface area contributed by atoms with Gasteiger partial charge in [-0.3, -0.25) is 0 Å². The summed E-state index contributed by atoms with van der Waals surface area (Å²) in [7, 11) is 0. The number of aliphatic hydroxyl groups is 1. The van der Waals surface area contributed by atoms with Crippen LogP contribution in [0.2, 0.25) is 0 Å². The summed E-state index contributed by atoms with van der Waals surface area (Å²) in [6.07, 6.45) is 1.88. The number of nitrogens with zero attached hydrogens (tertiary/aromatic N) is 1. The van der Waals surface area contributed by atoms with Gasteiger partial charge in [0.15, 0.2) is 0 Å². The first-order valence-corrected chi connectivity index (χ1v) is 7.72. The van der Waals surface area contributed by atoms with Crippen LogP contribution < -0.4 is 4.90 Å². The van der Waals surface area contributed by atoms with Crippen LogP contribution in [0.15, 0.2) is 42.5 Å². The third-order valence-corrected chi connectivity index (χ3v) is 4.31. The minimum absolute atomic E-state index is 0.433. The number of aryl methyl sites for hydroxylation is 3. The zero-order chi connectivity index (χ0) is 14.8. The molecule has 1 heterocycles. The van der Waals surface area contributed by atoms with E-state index in [-0.39, 0.29) is 0 Å². The Balaban J connectivity index is 1.78. The number of fused-ring (bicyclic) bond motifs is 1. The molecule has 1 N–H and O–H groups in total. The van der Waals surface area contributed by atoms with Crippen molar-refractivity contribution in [1.29, 1.82) is 0 Å². The van der Waals surface area contributed by atoms with Crippen molar-refractivity contribution in [2.24, 2.45) is 0 Å². The molecule has 21 heavy (non-hydrogen) atoms. The predicted molar refractivity (Wildman–Crippen MR) is 87.9 cm³/mol. The molecule has 2 heteroatoms. The molecule has 0 spiro atoms. The average molecular weight is 281 g/mol. The van der Waals surface area contributed by atoms with Gasteiger partial charge in [0, 0.05) is 18.8 Å². The van der Waals surface area contributed by atoms with Gasteiger partial charge in [-0.1, -0.05) is 47.5 Å². The molecule has 3 rings (SSSR count). The van der Waals surface area contributed by atoms with Gasteiger partial charge in [-0.15, -0.1) is 0 Å². The zero-order valence-corrected chi connectivity index (χ0v) is 12.8. The molecule has 0 amide bonds. The Morgan fingerprint density at radius 1 is 1.05 bits per heavy atom. The minimum atomic E-state index is -0.433. The number of β-amino-alcohol motifs (C(OH)–C–C–N with tert-alkyl or cyclic N) is 1. The van der Waals surface area contributed by atoms with Gasteiger partial charge in [-0.25, -0.2) is 0 Å². The van der Waals surface area contributed by atoms with Crippen LogP contribution in [0.3, 0.4) is 0 Å². The monoisotopic (exact) mass is 281 g/mol. The summed E-state index contributed by atoms with van der Waals surface area (Å²) in [5.41, 5.74) is 6.25. The van der Waals surface area contributed by atoms with E-state index in [4.69, 9.17) is 0 Å². The van der Waals surface area contributed by atoms with E-state index < -0.39 is 6.10 Å². The summed E-state index contributed by atoms with van der Waals surface area (Å²) < 4.78 is 0. The maximum atomic E-state index is 10.5. The largest absolute Gasteiger partial charge is 0.387 e. The molecular weight excluding hydrogens is 258 g/mol. The molecule has 2 nitrogen and oxygen atoms in total. The summed E-state index contributed by atoms with van der Waals surface area (Å²) in [5.74, 6) is 0. The Morgan fingerprint density at radius 2 is 1.76 bits per heavy atom. The van der Waals surface area contributed by atoms with Crippen molar-refractivity contribution in [2.45, 2.75) is 32.8 Å². The lowest BCUT2D eigenvalue weighted by atomic mass is 9.98. The van der Waals surface area contributed by atoms with Crippen molar-refractivity contribution >= 4 is 5.69 Å². The molecule has 1 unspecified atom stereocenters. The number of hydrogen-bond acceptors (Lipinski definition) is 2. The van der Waals surface area contributed by atoms with Gasteiger partial charge in [-0.05, 0) is 43.9 Å². The molecule has 110 valence electrons. The van der Waals surface area contributed by atoms with E-state index >= 15 is 0 Å². The minimum Gasteiger partial charge on any atom is -0.387 e. The Morgan fingerprint density at radius 3 is 2.52 bits per heavy atom. The molecule has 2 aromatic rings. The summed E-state index contributed by atoms with van der Waals surface area (Å²) >= 11 is 0. The van der Waals surface area contributed by atoms with E-state index in [1.165, 1.54) is 22.4 Å².